The number of hydrogen-bond donors (Lipinski definition) is 1. The van der Waals surface area contributed by atoms with Gasteiger partial charge in [-0.25, -0.2) is 0 Å². The number of benzene rings is 2. The summed E-state index contributed by atoms with van der Waals surface area (Å²) in [5.74, 6) is 0.770. The van der Waals surface area contributed by atoms with E-state index in [0.29, 0.717) is 12.0 Å². The maximum Gasteiger partial charge on any atom is 0.254 e. The molecule has 27 heavy (non-hydrogen) atoms. The number of fused-ring (bicyclic) bond motifs is 2. The lowest BCUT2D eigenvalue weighted by Gasteiger charge is -2.23. The van der Waals surface area contributed by atoms with Gasteiger partial charge in [0, 0.05) is 42.3 Å². The summed E-state index contributed by atoms with van der Waals surface area (Å²) in [6, 6.07) is 18.7. The van der Waals surface area contributed by atoms with Crippen LogP contribution in [0.15, 0.2) is 54.6 Å². The predicted octanol–water partition coefficient (Wildman–Crippen LogP) is 3.64. The van der Waals surface area contributed by atoms with Crippen molar-refractivity contribution in [1.82, 2.24) is 15.2 Å². The second kappa shape index (κ2) is 6.46. The Bertz CT molecular complexity index is 1030. The normalized spacial score (nSPS) is 21.6. The van der Waals surface area contributed by atoms with E-state index in [1.54, 1.807) is 0 Å². The molecule has 4 nitrogen and oxygen atoms in total. The lowest BCUT2D eigenvalue weighted by atomic mass is 9.98. The zero-order valence-corrected chi connectivity index (χ0v) is 15.5. The smallest absolute Gasteiger partial charge is 0.254 e. The van der Waals surface area contributed by atoms with Crippen molar-refractivity contribution in [2.45, 2.75) is 19.4 Å². The number of carbonyl (C=O) groups is 1. The molecule has 1 aromatic heterocycles. The molecule has 0 saturated carbocycles. The molecule has 3 heterocycles. The van der Waals surface area contributed by atoms with Gasteiger partial charge in [0.25, 0.3) is 5.91 Å². The van der Waals surface area contributed by atoms with Gasteiger partial charge in [-0.05, 0) is 54.7 Å². The largest absolute Gasteiger partial charge is 0.334 e. The minimum atomic E-state index is 0.156. The Morgan fingerprint density at radius 2 is 2.00 bits per heavy atom. The van der Waals surface area contributed by atoms with Gasteiger partial charge in [-0.15, -0.1) is 0 Å². The van der Waals surface area contributed by atoms with Crippen molar-refractivity contribution in [1.29, 1.82) is 0 Å². The molecule has 1 amide bonds. The molecule has 2 aromatic carbocycles. The van der Waals surface area contributed by atoms with Crippen LogP contribution in [0.25, 0.3) is 22.0 Å². The minimum Gasteiger partial charge on any atom is -0.334 e. The molecule has 2 aliphatic rings. The van der Waals surface area contributed by atoms with E-state index in [0.717, 1.165) is 59.3 Å². The molecule has 2 atom stereocenters. The topological polar surface area (TPSA) is 45.2 Å². The maximum absolute atomic E-state index is 13.2. The predicted molar refractivity (Wildman–Crippen MR) is 108 cm³/mol. The standard InChI is InChI=1S/C23H23N3O/c1-15-11-20(19-7-2-3-8-21(19)25-15)16-5-4-6-17(12-16)23(27)26-10-9-18-13-24-14-22(18)26/h2-8,11-12,18,22,24H,9-10,13-14H2,1H3/t18-,22+/m1/s1. The molecule has 0 radical (unpaired) electrons. The van der Waals surface area contributed by atoms with Crippen LogP contribution in [0.5, 0.6) is 0 Å². The van der Waals surface area contributed by atoms with Crippen molar-refractivity contribution < 1.29 is 4.79 Å². The molecule has 136 valence electrons. The number of likely N-dealkylation sites (tertiary alicyclic amines) is 1. The number of pyridine rings is 1. The van der Waals surface area contributed by atoms with Gasteiger partial charge in [0.1, 0.15) is 0 Å². The highest BCUT2D eigenvalue weighted by atomic mass is 16.2. The Labute approximate surface area is 159 Å². The van der Waals surface area contributed by atoms with Crippen LogP contribution in [0.4, 0.5) is 0 Å². The van der Waals surface area contributed by atoms with Gasteiger partial charge in [-0.2, -0.15) is 0 Å². The molecule has 0 aliphatic carbocycles. The van der Waals surface area contributed by atoms with Crippen molar-refractivity contribution in [2.75, 3.05) is 19.6 Å². The van der Waals surface area contributed by atoms with Crippen LogP contribution >= 0.6 is 0 Å². The molecular weight excluding hydrogens is 334 g/mol. The fourth-order valence-corrected chi connectivity index (χ4v) is 4.63. The molecule has 2 saturated heterocycles. The number of aryl methyl sites for hydroxylation is 1. The van der Waals surface area contributed by atoms with E-state index in [-0.39, 0.29) is 5.91 Å². The van der Waals surface area contributed by atoms with Crippen LogP contribution < -0.4 is 5.32 Å². The highest BCUT2D eigenvalue weighted by Crippen LogP contribution is 2.31. The zero-order chi connectivity index (χ0) is 18.4. The Balaban J connectivity index is 1.54. The summed E-state index contributed by atoms with van der Waals surface area (Å²) in [7, 11) is 0. The highest BCUT2D eigenvalue weighted by molar-refractivity contribution is 5.99. The first-order valence-electron chi connectivity index (χ1n) is 9.69. The number of nitrogens with zero attached hydrogens (tertiary/aromatic N) is 2. The molecule has 4 heteroatoms. The van der Waals surface area contributed by atoms with Gasteiger partial charge >= 0.3 is 0 Å². The molecule has 1 N–H and O–H groups in total. The van der Waals surface area contributed by atoms with Gasteiger partial charge in [0.15, 0.2) is 0 Å². The molecule has 2 aliphatic heterocycles. The molecule has 0 unspecified atom stereocenters. The Kier molecular flexibility index (Phi) is 3.94. The Hall–Kier alpha value is -2.72. The second-order valence-electron chi connectivity index (χ2n) is 7.68. The van der Waals surface area contributed by atoms with E-state index in [1.165, 1.54) is 0 Å². The van der Waals surface area contributed by atoms with Crippen molar-refractivity contribution in [3.05, 3.63) is 65.9 Å². The molecule has 5 rings (SSSR count). The van der Waals surface area contributed by atoms with Gasteiger partial charge < -0.3 is 10.2 Å². The number of aromatic nitrogens is 1. The summed E-state index contributed by atoms with van der Waals surface area (Å²) in [4.78, 5) is 19.9. The first-order valence-corrected chi connectivity index (χ1v) is 9.69. The minimum absolute atomic E-state index is 0.156. The number of carbonyl (C=O) groups excluding carboxylic acids is 1. The number of amides is 1. The van der Waals surface area contributed by atoms with E-state index in [2.05, 4.69) is 33.4 Å². The van der Waals surface area contributed by atoms with Crippen LogP contribution in [0.3, 0.4) is 0 Å². The van der Waals surface area contributed by atoms with Crippen LogP contribution in [-0.4, -0.2) is 41.5 Å². The van der Waals surface area contributed by atoms with E-state index >= 15 is 0 Å². The van der Waals surface area contributed by atoms with Crippen molar-refractivity contribution in [3.63, 3.8) is 0 Å². The second-order valence-corrected chi connectivity index (χ2v) is 7.68. The summed E-state index contributed by atoms with van der Waals surface area (Å²) < 4.78 is 0. The Morgan fingerprint density at radius 3 is 2.93 bits per heavy atom. The van der Waals surface area contributed by atoms with Gasteiger partial charge in [-0.1, -0.05) is 30.3 Å². The third-order valence-corrected chi connectivity index (χ3v) is 5.97. The summed E-state index contributed by atoms with van der Waals surface area (Å²) >= 11 is 0. The lowest BCUT2D eigenvalue weighted by Crippen LogP contribution is -2.39. The summed E-state index contributed by atoms with van der Waals surface area (Å²) in [5.41, 5.74) is 4.96. The van der Waals surface area contributed by atoms with Crippen molar-refractivity contribution in [2.24, 2.45) is 5.92 Å². The molecular formula is C23H23N3O. The van der Waals surface area contributed by atoms with E-state index in [1.807, 2.05) is 43.3 Å². The zero-order valence-electron chi connectivity index (χ0n) is 15.5. The number of nitrogens with one attached hydrogen (secondary N) is 1. The van der Waals surface area contributed by atoms with E-state index < -0.39 is 0 Å². The molecule has 0 spiro atoms. The summed E-state index contributed by atoms with van der Waals surface area (Å²) in [6.07, 6.45) is 1.11. The van der Waals surface area contributed by atoms with Gasteiger partial charge in [0.05, 0.1) is 5.52 Å². The average molecular weight is 357 g/mol. The lowest BCUT2D eigenvalue weighted by molar-refractivity contribution is 0.0737. The molecule has 0 bridgehead atoms. The number of para-hydroxylation sites is 1. The summed E-state index contributed by atoms with van der Waals surface area (Å²) in [6.45, 7) is 4.85. The third-order valence-electron chi connectivity index (χ3n) is 5.97. The van der Waals surface area contributed by atoms with E-state index in [4.69, 9.17) is 0 Å². The van der Waals surface area contributed by atoms with Crippen LogP contribution in [0.1, 0.15) is 22.5 Å². The SMILES string of the molecule is Cc1cc(-c2cccc(C(=O)N3CC[C@@H]4CNC[C@@H]43)c2)c2ccccc2n1. The van der Waals surface area contributed by atoms with E-state index in [9.17, 15) is 4.79 Å². The maximum atomic E-state index is 13.2. The summed E-state index contributed by atoms with van der Waals surface area (Å²) in [5, 5.41) is 4.54. The fourth-order valence-electron chi connectivity index (χ4n) is 4.63. The Morgan fingerprint density at radius 1 is 1.11 bits per heavy atom. The van der Waals surface area contributed by atoms with Crippen molar-refractivity contribution >= 4 is 16.8 Å². The highest BCUT2D eigenvalue weighted by Gasteiger charge is 2.40. The quantitative estimate of drug-likeness (QED) is 0.761. The van der Waals surface area contributed by atoms with Gasteiger partial charge in [0.2, 0.25) is 0 Å². The number of hydrogen-bond acceptors (Lipinski definition) is 3. The first-order chi connectivity index (χ1) is 13.2. The fraction of sp³-hybridized carbons (Fsp3) is 0.304. The first kappa shape index (κ1) is 16.5. The van der Waals surface area contributed by atoms with Crippen LogP contribution in [0, 0.1) is 12.8 Å². The average Bonchev–Trinajstić information content (AvgIpc) is 3.30. The number of rotatable bonds is 2. The van der Waals surface area contributed by atoms with Gasteiger partial charge in [-0.3, -0.25) is 9.78 Å². The van der Waals surface area contributed by atoms with Crippen LogP contribution in [0.2, 0.25) is 0 Å². The van der Waals surface area contributed by atoms with Crippen molar-refractivity contribution in [3.8, 4) is 11.1 Å². The molecule has 2 fully saturated rings. The monoisotopic (exact) mass is 357 g/mol. The third kappa shape index (κ3) is 2.81. The molecule has 3 aromatic rings. The van der Waals surface area contributed by atoms with Crippen LogP contribution in [-0.2, 0) is 0 Å².